The Bertz CT molecular complexity index is 602. The Hall–Kier alpha value is -1.84. The fraction of sp³-hybridized carbons (Fsp3) is 0.529. The van der Waals surface area contributed by atoms with Crippen LogP contribution in [0.4, 0.5) is 0 Å². The minimum absolute atomic E-state index is 0.194. The van der Waals surface area contributed by atoms with Crippen LogP contribution in [0.25, 0.3) is 5.57 Å². The number of nitroso groups, excluding NO2 is 1. The largest absolute Gasteiger partial charge is 0.454 e. The third-order valence-electron chi connectivity index (χ3n) is 5.03. The van der Waals surface area contributed by atoms with Crippen molar-refractivity contribution in [3.05, 3.63) is 34.2 Å². The van der Waals surface area contributed by atoms with Crippen LogP contribution in [-0.2, 0) is 0 Å². The molecule has 110 valence electrons. The van der Waals surface area contributed by atoms with Crippen molar-refractivity contribution in [2.75, 3.05) is 6.79 Å². The van der Waals surface area contributed by atoms with Crippen LogP contribution in [0.5, 0.6) is 11.5 Å². The van der Waals surface area contributed by atoms with E-state index in [0.717, 1.165) is 35.5 Å². The van der Waals surface area contributed by atoms with Crippen LogP contribution in [0, 0.1) is 10.8 Å². The molecule has 0 amide bonds. The predicted octanol–water partition coefficient (Wildman–Crippen LogP) is 4.29. The quantitative estimate of drug-likeness (QED) is 0.778. The second kappa shape index (κ2) is 5.17. The number of ether oxygens (including phenoxy) is 2. The number of nitrogens with zero attached hydrogens (tertiary/aromatic N) is 1. The van der Waals surface area contributed by atoms with Crippen molar-refractivity contribution in [2.24, 2.45) is 11.1 Å². The molecule has 4 rings (SSSR count). The molecular weight excluding hydrogens is 266 g/mol. The molecule has 0 N–H and O–H groups in total. The molecule has 1 aromatic rings. The third kappa shape index (κ3) is 2.13. The summed E-state index contributed by atoms with van der Waals surface area (Å²) in [7, 11) is 0. The van der Waals surface area contributed by atoms with Gasteiger partial charge in [0.05, 0.1) is 0 Å². The lowest BCUT2D eigenvalue weighted by atomic mass is 9.90. The Balaban J connectivity index is 1.77. The van der Waals surface area contributed by atoms with E-state index >= 15 is 0 Å². The summed E-state index contributed by atoms with van der Waals surface area (Å²) >= 11 is 0. The smallest absolute Gasteiger partial charge is 0.231 e. The lowest BCUT2D eigenvalue weighted by molar-refractivity contribution is 0.174. The molecular formula is C17H19NO3. The minimum atomic E-state index is -0.194. The molecule has 1 aliphatic heterocycles. The topological polar surface area (TPSA) is 47.9 Å². The molecule has 21 heavy (non-hydrogen) atoms. The Kier molecular flexibility index (Phi) is 3.17. The van der Waals surface area contributed by atoms with Crippen LogP contribution in [0.2, 0.25) is 0 Å². The number of rotatable bonds is 3. The van der Waals surface area contributed by atoms with E-state index in [-0.39, 0.29) is 12.8 Å². The van der Waals surface area contributed by atoms with Gasteiger partial charge in [-0.1, -0.05) is 29.7 Å². The van der Waals surface area contributed by atoms with Gasteiger partial charge in [0, 0.05) is 0 Å². The first-order valence-corrected chi connectivity index (χ1v) is 7.82. The van der Waals surface area contributed by atoms with Crippen LogP contribution in [0.15, 0.2) is 28.9 Å². The van der Waals surface area contributed by atoms with Crippen molar-refractivity contribution < 1.29 is 9.47 Å². The maximum Gasteiger partial charge on any atom is 0.231 e. The average molecular weight is 285 g/mol. The molecule has 2 aliphatic carbocycles. The predicted molar refractivity (Wildman–Crippen MR) is 80.3 cm³/mol. The zero-order valence-electron chi connectivity index (χ0n) is 12.0. The molecule has 1 unspecified atom stereocenters. The average Bonchev–Trinajstić information content (AvgIpc) is 3.24. The Morgan fingerprint density at radius 2 is 1.86 bits per heavy atom. The van der Waals surface area contributed by atoms with Gasteiger partial charge in [-0.05, 0) is 54.9 Å². The lowest BCUT2D eigenvalue weighted by Gasteiger charge is -2.16. The molecule has 1 fully saturated rings. The van der Waals surface area contributed by atoms with E-state index in [9.17, 15) is 4.91 Å². The minimum Gasteiger partial charge on any atom is -0.454 e. The summed E-state index contributed by atoms with van der Waals surface area (Å²) in [5.41, 5.74) is 3.72. The van der Waals surface area contributed by atoms with E-state index in [1.54, 1.807) is 0 Å². The molecule has 0 aromatic heterocycles. The van der Waals surface area contributed by atoms with Gasteiger partial charge in [-0.2, -0.15) is 4.91 Å². The standard InChI is InChI=1S/C17H19NO3/c19-18-14-7-6-13(11-3-1-2-4-11)17(14)12-5-8-15-16(9-12)21-10-20-15/h5,8-9,11,14H,1-4,6-7,10H2. The van der Waals surface area contributed by atoms with Gasteiger partial charge >= 0.3 is 0 Å². The first-order chi connectivity index (χ1) is 10.4. The SMILES string of the molecule is O=NC1CCC(C2CCCC2)=C1c1ccc2c(c1)OCO2. The molecule has 0 saturated heterocycles. The monoisotopic (exact) mass is 285 g/mol. The Labute approximate surface area is 124 Å². The second-order valence-corrected chi connectivity index (χ2v) is 6.15. The zero-order chi connectivity index (χ0) is 14.2. The summed E-state index contributed by atoms with van der Waals surface area (Å²) in [5.74, 6) is 2.22. The number of benzene rings is 1. The normalized spacial score (nSPS) is 24.9. The van der Waals surface area contributed by atoms with Gasteiger partial charge in [-0.25, -0.2) is 0 Å². The van der Waals surface area contributed by atoms with Gasteiger partial charge in [-0.15, -0.1) is 0 Å². The number of hydrogen-bond donors (Lipinski definition) is 0. The van der Waals surface area contributed by atoms with Crippen molar-refractivity contribution in [2.45, 2.75) is 44.6 Å². The Morgan fingerprint density at radius 1 is 1.05 bits per heavy atom. The summed E-state index contributed by atoms with van der Waals surface area (Å²) in [6.07, 6.45) is 7.01. The molecule has 1 saturated carbocycles. The molecule has 0 spiro atoms. The van der Waals surface area contributed by atoms with E-state index in [2.05, 4.69) is 5.18 Å². The van der Waals surface area contributed by atoms with E-state index in [0.29, 0.717) is 5.92 Å². The van der Waals surface area contributed by atoms with Gasteiger partial charge in [0.15, 0.2) is 11.5 Å². The van der Waals surface area contributed by atoms with E-state index in [1.807, 2.05) is 18.2 Å². The summed E-state index contributed by atoms with van der Waals surface area (Å²) in [6.45, 7) is 0.280. The maximum atomic E-state index is 11.2. The van der Waals surface area contributed by atoms with E-state index in [4.69, 9.17) is 9.47 Å². The van der Waals surface area contributed by atoms with Crippen molar-refractivity contribution in [3.63, 3.8) is 0 Å². The fourth-order valence-electron chi connectivity index (χ4n) is 4.03. The molecule has 3 aliphatic rings. The molecule has 4 nitrogen and oxygen atoms in total. The highest BCUT2D eigenvalue weighted by Crippen LogP contribution is 2.46. The molecule has 1 aromatic carbocycles. The highest BCUT2D eigenvalue weighted by molar-refractivity contribution is 5.77. The van der Waals surface area contributed by atoms with Crippen LogP contribution >= 0.6 is 0 Å². The molecule has 0 bridgehead atoms. The van der Waals surface area contributed by atoms with Crippen molar-refractivity contribution >= 4 is 5.57 Å². The first kappa shape index (κ1) is 12.9. The lowest BCUT2D eigenvalue weighted by Crippen LogP contribution is -2.04. The third-order valence-corrected chi connectivity index (χ3v) is 5.03. The summed E-state index contributed by atoms with van der Waals surface area (Å²) < 4.78 is 10.8. The zero-order valence-corrected chi connectivity index (χ0v) is 12.0. The van der Waals surface area contributed by atoms with Gasteiger partial charge < -0.3 is 9.47 Å². The van der Waals surface area contributed by atoms with Gasteiger partial charge in [0.25, 0.3) is 0 Å². The molecule has 4 heteroatoms. The van der Waals surface area contributed by atoms with Gasteiger partial charge in [-0.3, -0.25) is 0 Å². The summed E-state index contributed by atoms with van der Waals surface area (Å²) in [6, 6.07) is 5.80. The van der Waals surface area contributed by atoms with Crippen LogP contribution in [-0.4, -0.2) is 12.8 Å². The number of allylic oxidation sites excluding steroid dienone is 1. The molecule has 1 heterocycles. The fourth-order valence-corrected chi connectivity index (χ4v) is 4.03. The second-order valence-electron chi connectivity index (χ2n) is 6.15. The van der Waals surface area contributed by atoms with Crippen LogP contribution in [0.1, 0.15) is 44.1 Å². The van der Waals surface area contributed by atoms with Gasteiger partial charge in [0.1, 0.15) is 6.04 Å². The van der Waals surface area contributed by atoms with Crippen molar-refractivity contribution in [1.29, 1.82) is 0 Å². The summed E-state index contributed by atoms with van der Waals surface area (Å²) in [5, 5.41) is 3.38. The summed E-state index contributed by atoms with van der Waals surface area (Å²) in [4.78, 5) is 11.2. The molecule has 1 atom stereocenters. The highest BCUT2D eigenvalue weighted by atomic mass is 16.7. The highest BCUT2D eigenvalue weighted by Gasteiger charge is 2.33. The first-order valence-electron chi connectivity index (χ1n) is 7.82. The number of fused-ring (bicyclic) bond motifs is 1. The van der Waals surface area contributed by atoms with Crippen molar-refractivity contribution in [3.8, 4) is 11.5 Å². The number of hydrogen-bond acceptors (Lipinski definition) is 4. The van der Waals surface area contributed by atoms with Crippen LogP contribution < -0.4 is 9.47 Å². The molecule has 0 radical (unpaired) electrons. The van der Waals surface area contributed by atoms with Gasteiger partial charge in [0.2, 0.25) is 6.79 Å². The van der Waals surface area contributed by atoms with Crippen molar-refractivity contribution in [1.82, 2.24) is 0 Å². The maximum absolute atomic E-state index is 11.2. The Morgan fingerprint density at radius 3 is 2.67 bits per heavy atom. The van der Waals surface area contributed by atoms with E-state index < -0.39 is 0 Å². The van der Waals surface area contributed by atoms with Crippen LogP contribution in [0.3, 0.4) is 0 Å². The van der Waals surface area contributed by atoms with E-state index in [1.165, 1.54) is 31.3 Å².